The summed E-state index contributed by atoms with van der Waals surface area (Å²) in [4.78, 5) is 27.3. The fourth-order valence-corrected chi connectivity index (χ4v) is 4.26. The summed E-state index contributed by atoms with van der Waals surface area (Å²) >= 11 is 0. The van der Waals surface area contributed by atoms with E-state index in [9.17, 15) is 14.0 Å². The lowest BCUT2D eigenvalue weighted by molar-refractivity contribution is -0.121. The van der Waals surface area contributed by atoms with Crippen LogP contribution in [0.4, 0.5) is 10.2 Å². The molecule has 36 heavy (non-hydrogen) atoms. The van der Waals surface area contributed by atoms with Gasteiger partial charge in [0.2, 0.25) is 11.8 Å². The molecular formula is C27H32FN5O3. The van der Waals surface area contributed by atoms with Gasteiger partial charge in [-0.15, -0.1) is 0 Å². The SMILES string of the molecule is Cc1nn(-c2cccc(F)c2)c(NC(=O)CCCC(=O)NCCN2CCOCC2)c1-c1ccccc1. The lowest BCUT2D eigenvalue weighted by atomic mass is 10.1. The quantitative estimate of drug-likeness (QED) is 0.451. The largest absolute Gasteiger partial charge is 0.379 e. The summed E-state index contributed by atoms with van der Waals surface area (Å²) in [6, 6.07) is 15.7. The molecular weight excluding hydrogens is 461 g/mol. The summed E-state index contributed by atoms with van der Waals surface area (Å²) in [6.45, 7) is 6.45. The van der Waals surface area contributed by atoms with Gasteiger partial charge in [0.1, 0.15) is 11.6 Å². The van der Waals surface area contributed by atoms with Gasteiger partial charge in [-0.3, -0.25) is 14.5 Å². The molecule has 0 bridgehead atoms. The second-order valence-electron chi connectivity index (χ2n) is 8.77. The van der Waals surface area contributed by atoms with E-state index in [0.717, 1.165) is 44.0 Å². The standard InChI is InChI=1S/C27H32FN5O3/c1-20-26(21-7-3-2-4-8-21)27(33(31-20)23-10-5-9-22(28)19-23)30-25(35)12-6-11-24(34)29-13-14-32-15-17-36-18-16-32/h2-5,7-10,19H,6,11-18H2,1H3,(H,29,34)(H,30,35). The van der Waals surface area contributed by atoms with Crippen molar-refractivity contribution in [1.29, 1.82) is 0 Å². The Kier molecular flexibility index (Phi) is 8.80. The monoisotopic (exact) mass is 493 g/mol. The molecule has 8 nitrogen and oxygen atoms in total. The normalized spacial score (nSPS) is 13.9. The lowest BCUT2D eigenvalue weighted by Gasteiger charge is -2.26. The molecule has 9 heteroatoms. The first-order valence-corrected chi connectivity index (χ1v) is 12.3. The zero-order valence-electron chi connectivity index (χ0n) is 20.5. The third-order valence-electron chi connectivity index (χ3n) is 6.10. The van der Waals surface area contributed by atoms with Gasteiger partial charge in [0.25, 0.3) is 0 Å². The molecule has 3 aromatic rings. The fraction of sp³-hybridized carbons (Fsp3) is 0.370. The molecule has 0 atom stereocenters. The van der Waals surface area contributed by atoms with E-state index in [1.165, 1.54) is 12.1 Å². The number of morpholine rings is 1. The third kappa shape index (κ3) is 6.77. The Morgan fingerprint density at radius 2 is 1.78 bits per heavy atom. The minimum absolute atomic E-state index is 0.0679. The van der Waals surface area contributed by atoms with E-state index >= 15 is 0 Å². The molecule has 2 heterocycles. The topological polar surface area (TPSA) is 88.5 Å². The van der Waals surface area contributed by atoms with E-state index in [-0.39, 0.29) is 30.5 Å². The molecule has 1 aromatic heterocycles. The number of anilines is 1. The number of benzene rings is 2. The van der Waals surface area contributed by atoms with Crippen molar-refractivity contribution in [2.75, 3.05) is 44.7 Å². The van der Waals surface area contributed by atoms with E-state index in [2.05, 4.69) is 20.6 Å². The number of hydrogen-bond donors (Lipinski definition) is 2. The number of nitrogens with one attached hydrogen (secondary N) is 2. The maximum Gasteiger partial charge on any atom is 0.225 e. The summed E-state index contributed by atoms with van der Waals surface area (Å²) in [5.41, 5.74) is 2.89. The highest BCUT2D eigenvalue weighted by atomic mass is 19.1. The average Bonchev–Trinajstić information content (AvgIpc) is 3.20. The van der Waals surface area contributed by atoms with E-state index < -0.39 is 0 Å². The van der Waals surface area contributed by atoms with Crippen LogP contribution in [0.2, 0.25) is 0 Å². The van der Waals surface area contributed by atoms with Crippen molar-refractivity contribution in [1.82, 2.24) is 20.0 Å². The Morgan fingerprint density at radius 1 is 1.03 bits per heavy atom. The van der Waals surface area contributed by atoms with Crippen molar-refractivity contribution in [3.63, 3.8) is 0 Å². The minimum Gasteiger partial charge on any atom is -0.379 e. The Balaban J connectivity index is 1.38. The number of hydrogen-bond acceptors (Lipinski definition) is 5. The Bertz CT molecular complexity index is 1180. The van der Waals surface area contributed by atoms with Crippen molar-refractivity contribution in [3.05, 3.63) is 66.1 Å². The number of aromatic nitrogens is 2. The Hall–Kier alpha value is -3.56. The van der Waals surface area contributed by atoms with Gasteiger partial charge in [-0.05, 0) is 37.1 Å². The molecule has 0 radical (unpaired) electrons. The second kappa shape index (κ2) is 12.4. The number of carbonyl (C=O) groups excluding carboxylic acids is 2. The molecule has 0 spiro atoms. The number of carbonyl (C=O) groups is 2. The zero-order chi connectivity index (χ0) is 25.3. The van der Waals surface area contributed by atoms with E-state index in [1.54, 1.807) is 16.8 Å². The molecule has 2 aromatic carbocycles. The molecule has 2 N–H and O–H groups in total. The first kappa shape index (κ1) is 25.5. The van der Waals surface area contributed by atoms with E-state index in [4.69, 9.17) is 4.74 Å². The first-order chi connectivity index (χ1) is 17.5. The maximum absolute atomic E-state index is 13.9. The summed E-state index contributed by atoms with van der Waals surface area (Å²) < 4.78 is 20.8. The number of aryl methyl sites for hydroxylation is 1. The van der Waals surface area contributed by atoms with Crippen LogP contribution in [0.1, 0.15) is 25.0 Å². The highest BCUT2D eigenvalue weighted by molar-refractivity contribution is 5.95. The van der Waals surface area contributed by atoms with Gasteiger partial charge in [0.05, 0.1) is 24.6 Å². The zero-order valence-corrected chi connectivity index (χ0v) is 20.5. The average molecular weight is 494 g/mol. The van der Waals surface area contributed by atoms with E-state index in [0.29, 0.717) is 30.2 Å². The van der Waals surface area contributed by atoms with E-state index in [1.807, 2.05) is 37.3 Å². The van der Waals surface area contributed by atoms with Gasteiger partial charge < -0.3 is 15.4 Å². The minimum atomic E-state index is -0.390. The van der Waals surface area contributed by atoms with Crippen LogP contribution in [0.5, 0.6) is 0 Å². The van der Waals surface area contributed by atoms with Crippen LogP contribution in [-0.4, -0.2) is 65.9 Å². The Labute approximate surface area is 210 Å². The molecule has 190 valence electrons. The Morgan fingerprint density at radius 3 is 2.53 bits per heavy atom. The lowest BCUT2D eigenvalue weighted by Crippen LogP contribution is -2.41. The number of nitrogens with zero attached hydrogens (tertiary/aromatic N) is 3. The van der Waals surface area contributed by atoms with Gasteiger partial charge in [-0.2, -0.15) is 5.10 Å². The molecule has 0 saturated carbocycles. The van der Waals surface area contributed by atoms with Gasteiger partial charge in [-0.1, -0.05) is 36.4 Å². The highest BCUT2D eigenvalue weighted by Gasteiger charge is 2.20. The van der Waals surface area contributed by atoms with Crippen LogP contribution >= 0.6 is 0 Å². The molecule has 1 aliphatic rings. The molecule has 1 saturated heterocycles. The predicted molar refractivity (Wildman–Crippen MR) is 136 cm³/mol. The molecule has 0 aliphatic carbocycles. The van der Waals surface area contributed by atoms with Crippen LogP contribution in [0, 0.1) is 12.7 Å². The summed E-state index contributed by atoms with van der Waals surface area (Å²) in [5.74, 6) is -0.212. The van der Waals surface area contributed by atoms with Crippen LogP contribution < -0.4 is 10.6 Å². The summed E-state index contributed by atoms with van der Waals surface area (Å²) in [7, 11) is 0. The molecule has 2 amide bonds. The molecule has 0 unspecified atom stereocenters. The number of ether oxygens (including phenoxy) is 1. The number of amides is 2. The number of halogens is 1. The van der Waals surface area contributed by atoms with Gasteiger partial charge in [-0.25, -0.2) is 9.07 Å². The molecule has 1 aliphatic heterocycles. The second-order valence-corrected chi connectivity index (χ2v) is 8.77. The first-order valence-electron chi connectivity index (χ1n) is 12.3. The van der Waals surface area contributed by atoms with Crippen molar-refractivity contribution >= 4 is 17.6 Å². The fourth-order valence-electron chi connectivity index (χ4n) is 4.26. The van der Waals surface area contributed by atoms with Crippen LogP contribution in [0.15, 0.2) is 54.6 Å². The summed E-state index contributed by atoms with van der Waals surface area (Å²) in [6.07, 6.45) is 0.867. The van der Waals surface area contributed by atoms with Crippen molar-refractivity contribution in [3.8, 4) is 16.8 Å². The molecule has 4 rings (SSSR count). The van der Waals surface area contributed by atoms with Crippen LogP contribution in [0.3, 0.4) is 0 Å². The van der Waals surface area contributed by atoms with Gasteiger partial charge >= 0.3 is 0 Å². The highest BCUT2D eigenvalue weighted by Crippen LogP contribution is 2.33. The van der Waals surface area contributed by atoms with Gasteiger partial charge in [0.15, 0.2) is 0 Å². The summed E-state index contributed by atoms with van der Waals surface area (Å²) in [5, 5.41) is 10.5. The third-order valence-corrected chi connectivity index (χ3v) is 6.10. The number of rotatable bonds is 10. The van der Waals surface area contributed by atoms with Gasteiger partial charge in [0, 0.05) is 44.6 Å². The predicted octanol–water partition coefficient (Wildman–Crippen LogP) is 3.54. The van der Waals surface area contributed by atoms with Crippen molar-refractivity contribution in [2.45, 2.75) is 26.2 Å². The smallest absolute Gasteiger partial charge is 0.225 e. The molecule has 1 fully saturated rings. The van der Waals surface area contributed by atoms with Crippen molar-refractivity contribution < 1.29 is 18.7 Å². The van der Waals surface area contributed by atoms with Crippen LogP contribution in [0.25, 0.3) is 16.8 Å². The van der Waals surface area contributed by atoms with Crippen LogP contribution in [-0.2, 0) is 14.3 Å². The maximum atomic E-state index is 13.9. The van der Waals surface area contributed by atoms with Crippen molar-refractivity contribution in [2.24, 2.45) is 0 Å².